The van der Waals surface area contributed by atoms with E-state index in [1.54, 1.807) is 4.90 Å². The van der Waals surface area contributed by atoms with Gasteiger partial charge in [-0.05, 0) is 37.5 Å². The Labute approximate surface area is 191 Å². The van der Waals surface area contributed by atoms with E-state index in [-0.39, 0.29) is 59.6 Å². The van der Waals surface area contributed by atoms with E-state index in [9.17, 15) is 26.8 Å². The number of piperidine rings is 1. The molecule has 1 N–H and O–H groups in total. The fraction of sp³-hybridized carbons (Fsp3) is 0.636. The van der Waals surface area contributed by atoms with E-state index in [0.29, 0.717) is 25.9 Å². The van der Waals surface area contributed by atoms with Gasteiger partial charge < -0.3 is 15.0 Å². The number of carbonyl (C=O) groups excluding carboxylic acids is 2. The fourth-order valence-electron chi connectivity index (χ4n) is 5.02. The molecule has 180 valence electrons. The number of anilines is 2. The van der Waals surface area contributed by atoms with Gasteiger partial charge in [0.15, 0.2) is 21.5 Å². The minimum Gasteiger partial charge on any atom is -0.442 e. The van der Waals surface area contributed by atoms with Gasteiger partial charge in [0.2, 0.25) is 5.91 Å². The average Bonchev–Trinajstić information content (AvgIpc) is 3.53. The van der Waals surface area contributed by atoms with Crippen LogP contribution in [-0.4, -0.2) is 64.2 Å². The fourth-order valence-corrected chi connectivity index (χ4v) is 6.77. The third kappa shape index (κ3) is 4.64. The summed E-state index contributed by atoms with van der Waals surface area (Å²) in [5.41, 5.74) is -0.0522. The van der Waals surface area contributed by atoms with E-state index in [2.05, 4.69) is 5.32 Å². The summed E-state index contributed by atoms with van der Waals surface area (Å²) in [6.45, 7) is 1.15. The Bertz CT molecular complexity index is 1030. The predicted octanol–water partition coefficient (Wildman–Crippen LogP) is 2.08. The maximum absolute atomic E-state index is 15.0. The topological polar surface area (TPSA) is 96.0 Å². The molecule has 3 heterocycles. The molecule has 3 saturated heterocycles. The van der Waals surface area contributed by atoms with Crippen LogP contribution in [0.1, 0.15) is 25.7 Å². The van der Waals surface area contributed by atoms with E-state index < -0.39 is 33.7 Å². The van der Waals surface area contributed by atoms with Gasteiger partial charge in [0.25, 0.3) is 0 Å². The molecule has 4 aliphatic rings. The molecule has 1 atom stereocenters. The van der Waals surface area contributed by atoms with Crippen molar-refractivity contribution < 1.29 is 31.5 Å². The number of halogens is 2. The number of amides is 2. The zero-order valence-electron chi connectivity index (χ0n) is 18.1. The number of hydrogen-bond acceptors (Lipinski definition) is 6. The summed E-state index contributed by atoms with van der Waals surface area (Å²) in [5, 5.41) is 2.75. The predicted molar refractivity (Wildman–Crippen MR) is 117 cm³/mol. The quantitative estimate of drug-likeness (QED) is 0.666. The lowest BCUT2D eigenvalue weighted by molar-refractivity contribution is -0.122. The van der Waals surface area contributed by atoms with Crippen LogP contribution in [0.2, 0.25) is 0 Å². The minimum absolute atomic E-state index is 0.0424. The van der Waals surface area contributed by atoms with Crippen molar-refractivity contribution in [2.24, 2.45) is 17.8 Å². The normalized spacial score (nSPS) is 25.6. The highest BCUT2D eigenvalue weighted by Gasteiger charge is 2.40. The molecule has 0 radical (unpaired) electrons. The van der Waals surface area contributed by atoms with Crippen molar-refractivity contribution in [3.63, 3.8) is 0 Å². The summed E-state index contributed by atoms with van der Waals surface area (Å²) in [4.78, 5) is 26.9. The molecule has 3 aliphatic heterocycles. The average molecular weight is 484 g/mol. The maximum atomic E-state index is 15.0. The van der Waals surface area contributed by atoms with Gasteiger partial charge in [0, 0.05) is 31.1 Å². The van der Waals surface area contributed by atoms with Crippen LogP contribution in [0.3, 0.4) is 0 Å². The lowest BCUT2D eigenvalue weighted by atomic mass is 9.86. The first-order chi connectivity index (χ1) is 15.7. The molecule has 1 aromatic rings. The number of ether oxygens (including phenoxy) is 1. The Balaban J connectivity index is 1.21. The zero-order valence-corrected chi connectivity index (χ0v) is 19.0. The van der Waals surface area contributed by atoms with Gasteiger partial charge in [-0.15, -0.1) is 0 Å². The molecular formula is C22H27F2N3O5S. The van der Waals surface area contributed by atoms with Crippen molar-refractivity contribution in [3.8, 4) is 0 Å². The number of rotatable bonds is 6. The second-order valence-corrected chi connectivity index (χ2v) is 11.7. The summed E-state index contributed by atoms with van der Waals surface area (Å²) >= 11 is 0. The van der Waals surface area contributed by atoms with Crippen LogP contribution in [-0.2, 0) is 19.4 Å². The Kier molecular flexibility index (Phi) is 5.70. The summed E-state index contributed by atoms with van der Waals surface area (Å²) in [6.07, 6.45) is 1.82. The molecular weight excluding hydrogens is 456 g/mol. The first-order valence-corrected chi connectivity index (χ1v) is 13.2. The van der Waals surface area contributed by atoms with Crippen LogP contribution in [0.5, 0.6) is 0 Å². The van der Waals surface area contributed by atoms with Crippen molar-refractivity contribution in [1.29, 1.82) is 0 Å². The number of nitrogens with zero attached hydrogens (tertiary/aromatic N) is 2. The van der Waals surface area contributed by atoms with Gasteiger partial charge in [-0.3, -0.25) is 9.69 Å². The zero-order chi connectivity index (χ0) is 23.3. The highest BCUT2D eigenvalue weighted by molar-refractivity contribution is 7.92. The number of cyclic esters (lactones) is 1. The van der Waals surface area contributed by atoms with E-state index in [4.69, 9.17) is 4.74 Å². The molecule has 0 aromatic heterocycles. The third-order valence-electron chi connectivity index (χ3n) is 7.10. The molecule has 5 rings (SSSR count). The van der Waals surface area contributed by atoms with Crippen LogP contribution >= 0.6 is 0 Å². The molecule has 11 heteroatoms. The number of hydrogen-bond donors (Lipinski definition) is 1. The van der Waals surface area contributed by atoms with Crippen LogP contribution in [0.25, 0.3) is 0 Å². The van der Waals surface area contributed by atoms with E-state index >= 15 is 0 Å². The van der Waals surface area contributed by atoms with Crippen molar-refractivity contribution in [2.75, 3.05) is 47.5 Å². The first kappa shape index (κ1) is 22.4. The molecule has 8 nitrogen and oxygen atoms in total. The largest absolute Gasteiger partial charge is 0.442 e. The first-order valence-electron chi connectivity index (χ1n) is 11.4. The van der Waals surface area contributed by atoms with E-state index in [0.717, 1.165) is 25.0 Å². The SMILES string of the molecule is O=C(NC[C@H]1CN(c2cc(F)c(N3CCC(C4CS(=O)(=O)C4)CC3)c(F)c2)C(=O)O1)C1CC1. The smallest absolute Gasteiger partial charge is 0.414 e. The van der Waals surface area contributed by atoms with Crippen molar-refractivity contribution >= 4 is 33.2 Å². The summed E-state index contributed by atoms with van der Waals surface area (Å²) in [5.74, 6) is -0.696. The summed E-state index contributed by atoms with van der Waals surface area (Å²) < 4.78 is 58.0. The lowest BCUT2D eigenvalue weighted by Crippen LogP contribution is -2.46. The second kappa shape index (κ2) is 8.41. The Hall–Kier alpha value is -2.43. The molecule has 0 spiro atoms. The van der Waals surface area contributed by atoms with Crippen LogP contribution in [0.15, 0.2) is 12.1 Å². The molecule has 1 saturated carbocycles. The van der Waals surface area contributed by atoms with E-state index in [1.165, 1.54) is 4.90 Å². The van der Waals surface area contributed by atoms with Gasteiger partial charge in [-0.25, -0.2) is 22.0 Å². The van der Waals surface area contributed by atoms with E-state index in [1.807, 2.05) is 0 Å². The Morgan fingerprint density at radius 2 is 1.70 bits per heavy atom. The molecule has 1 aliphatic carbocycles. The van der Waals surface area contributed by atoms with Gasteiger partial charge in [0.05, 0.1) is 30.3 Å². The molecule has 0 bridgehead atoms. The summed E-state index contributed by atoms with van der Waals surface area (Å²) in [7, 11) is -2.89. The van der Waals surface area contributed by atoms with Crippen LogP contribution in [0, 0.1) is 29.4 Å². The third-order valence-corrected chi connectivity index (χ3v) is 8.97. The lowest BCUT2D eigenvalue weighted by Gasteiger charge is -2.40. The monoisotopic (exact) mass is 483 g/mol. The van der Waals surface area contributed by atoms with Crippen molar-refractivity contribution in [1.82, 2.24) is 5.32 Å². The number of benzene rings is 1. The minimum atomic E-state index is -2.89. The van der Waals surface area contributed by atoms with Gasteiger partial charge in [-0.2, -0.15) is 0 Å². The molecule has 33 heavy (non-hydrogen) atoms. The molecule has 1 aromatic carbocycles. The summed E-state index contributed by atoms with van der Waals surface area (Å²) in [6, 6.07) is 2.27. The highest BCUT2D eigenvalue weighted by atomic mass is 32.2. The Morgan fingerprint density at radius 3 is 2.27 bits per heavy atom. The van der Waals surface area contributed by atoms with Crippen molar-refractivity contribution in [3.05, 3.63) is 23.8 Å². The van der Waals surface area contributed by atoms with Gasteiger partial charge >= 0.3 is 6.09 Å². The van der Waals surface area contributed by atoms with Crippen LogP contribution < -0.4 is 15.1 Å². The number of nitrogens with one attached hydrogen (secondary N) is 1. The Morgan fingerprint density at radius 1 is 1.06 bits per heavy atom. The molecule has 2 amide bonds. The molecule has 4 fully saturated rings. The second-order valence-electron chi connectivity index (χ2n) is 9.56. The molecule has 0 unspecified atom stereocenters. The van der Waals surface area contributed by atoms with Crippen LogP contribution in [0.4, 0.5) is 25.0 Å². The maximum Gasteiger partial charge on any atom is 0.414 e. The van der Waals surface area contributed by atoms with Gasteiger partial charge in [-0.1, -0.05) is 0 Å². The standard InChI is InChI=1S/C22H27F2N3O5S/c23-18-7-16(27-10-17(32-22(27)29)9-25-21(28)14-1-2-14)8-19(24)20(18)26-5-3-13(4-6-26)15-11-33(30,31)12-15/h7-8,13-15,17H,1-6,9-12H2,(H,25,28)/t17-/m0/s1. The number of sulfone groups is 1. The van der Waals surface area contributed by atoms with Crippen molar-refractivity contribution in [2.45, 2.75) is 31.8 Å². The highest BCUT2D eigenvalue weighted by Crippen LogP contribution is 2.37. The van der Waals surface area contributed by atoms with Gasteiger partial charge in [0.1, 0.15) is 11.8 Å². The number of carbonyl (C=O) groups is 2.